The van der Waals surface area contributed by atoms with Crippen molar-refractivity contribution in [2.45, 2.75) is 17.9 Å². The van der Waals surface area contributed by atoms with Gasteiger partial charge in [-0.2, -0.15) is 0 Å². The van der Waals surface area contributed by atoms with Crippen molar-refractivity contribution < 1.29 is 9.84 Å². The van der Waals surface area contributed by atoms with Crippen molar-refractivity contribution in [2.24, 2.45) is 0 Å². The monoisotopic (exact) mass is 289 g/mol. The Hall–Kier alpha value is -1.81. The molecule has 0 spiro atoms. The van der Waals surface area contributed by atoms with Crippen molar-refractivity contribution in [2.75, 3.05) is 18.7 Å². The molecule has 0 saturated carbocycles. The second-order valence-electron chi connectivity index (χ2n) is 4.52. The summed E-state index contributed by atoms with van der Waals surface area (Å²) < 4.78 is 5.20. The van der Waals surface area contributed by atoms with Gasteiger partial charge in [0.15, 0.2) is 0 Å². The van der Waals surface area contributed by atoms with E-state index >= 15 is 0 Å². The van der Waals surface area contributed by atoms with Gasteiger partial charge in [0.1, 0.15) is 11.5 Å². The molecule has 0 aliphatic carbocycles. The highest BCUT2D eigenvalue weighted by Gasteiger charge is 2.11. The Morgan fingerprint density at radius 3 is 2.70 bits per heavy atom. The van der Waals surface area contributed by atoms with Crippen LogP contribution < -0.4 is 10.1 Å². The zero-order valence-corrected chi connectivity index (χ0v) is 12.7. The number of thioether (sulfide) groups is 1. The molecule has 0 amide bonds. The van der Waals surface area contributed by atoms with E-state index in [0.29, 0.717) is 0 Å². The number of nitrogens with one attached hydrogen (secondary N) is 1. The Morgan fingerprint density at radius 2 is 2.00 bits per heavy atom. The first kappa shape index (κ1) is 14.6. The number of phenols is 1. The van der Waals surface area contributed by atoms with Crippen LogP contribution in [0.3, 0.4) is 0 Å². The molecule has 106 valence electrons. The fraction of sp³-hybridized carbons (Fsp3) is 0.250. The molecule has 20 heavy (non-hydrogen) atoms. The average molecular weight is 289 g/mol. The van der Waals surface area contributed by atoms with Gasteiger partial charge < -0.3 is 15.2 Å². The van der Waals surface area contributed by atoms with Crippen molar-refractivity contribution in [3.8, 4) is 11.5 Å². The van der Waals surface area contributed by atoms with Gasteiger partial charge in [-0.05, 0) is 49.6 Å². The lowest BCUT2D eigenvalue weighted by molar-refractivity contribution is 0.410. The van der Waals surface area contributed by atoms with E-state index in [-0.39, 0.29) is 11.8 Å². The van der Waals surface area contributed by atoms with Crippen LogP contribution in [-0.2, 0) is 0 Å². The molecule has 4 heteroatoms. The highest BCUT2D eigenvalue weighted by atomic mass is 32.2. The molecule has 1 atom stereocenters. The molecular formula is C16H19NO2S. The Kier molecular flexibility index (Phi) is 4.79. The summed E-state index contributed by atoms with van der Waals surface area (Å²) >= 11 is 1.71. The lowest BCUT2D eigenvalue weighted by atomic mass is 10.1. The number of rotatable bonds is 5. The second-order valence-corrected chi connectivity index (χ2v) is 5.40. The summed E-state index contributed by atoms with van der Waals surface area (Å²) in [7, 11) is 1.62. The van der Waals surface area contributed by atoms with Crippen LogP contribution in [0, 0.1) is 0 Å². The summed E-state index contributed by atoms with van der Waals surface area (Å²) in [5, 5.41) is 13.4. The minimum atomic E-state index is -0.0118. The van der Waals surface area contributed by atoms with Crippen LogP contribution in [0.25, 0.3) is 0 Å². The molecule has 2 aromatic carbocycles. The minimum absolute atomic E-state index is 0.0118. The number of methoxy groups -OCH3 is 1. The van der Waals surface area contributed by atoms with Crippen LogP contribution in [0.15, 0.2) is 47.4 Å². The first-order chi connectivity index (χ1) is 9.63. The van der Waals surface area contributed by atoms with Gasteiger partial charge in [0.2, 0.25) is 0 Å². The fourth-order valence-corrected chi connectivity index (χ4v) is 2.51. The van der Waals surface area contributed by atoms with Crippen LogP contribution >= 0.6 is 11.8 Å². The topological polar surface area (TPSA) is 41.5 Å². The molecule has 0 radical (unpaired) electrons. The predicted octanol–water partition coefficient (Wildman–Crippen LogP) is 4.30. The van der Waals surface area contributed by atoms with Gasteiger partial charge in [-0.3, -0.25) is 0 Å². The zero-order chi connectivity index (χ0) is 14.5. The Labute approximate surface area is 124 Å². The van der Waals surface area contributed by atoms with Gasteiger partial charge in [-0.1, -0.05) is 6.07 Å². The van der Waals surface area contributed by atoms with Gasteiger partial charge in [0.05, 0.1) is 13.2 Å². The molecule has 3 nitrogen and oxygen atoms in total. The van der Waals surface area contributed by atoms with Crippen molar-refractivity contribution in [1.82, 2.24) is 0 Å². The summed E-state index contributed by atoms with van der Waals surface area (Å²) in [5.41, 5.74) is 1.85. The van der Waals surface area contributed by atoms with E-state index in [1.165, 1.54) is 4.90 Å². The molecule has 2 N–H and O–H groups in total. The Balaban J connectivity index is 2.20. The fourth-order valence-electron chi connectivity index (χ4n) is 2.05. The van der Waals surface area contributed by atoms with Gasteiger partial charge in [0, 0.05) is 16.1 Å². The predicted molar refractivity (Wildman–Crippen MR) is 84.9 cm³/mol. The standard InChI is InChI=1S/C16H19NO2S/c1-11(15-10-13(19-2)7-8-16(15)18)17-12-5-4-6-14(9-12)20-3/h4-11,17-18H,1-3H3. The third-order valence-corrected chi connectivity index (χ3v) is 3.88. The summed E-state index contributed by atoms with van der Waals surface area (Å²) in [4.78, 5) is 1.21. The quantitative estimate of drug-likeness (QED) is 0.805. The number of phenolic OH excluding ortho intramolecular Hbond substituents is 1. The average Bonchev–Trinajstić information content (AvgIpc) is 2.47. The van der Waals surface area contributed by atoms with Crippen molar-refractivity contribution >= 4 is 17.4 Å². The van der Waals surface area contributed by atoms with E-state index in [0.717, 1.165) is 17.0 Å². The molecule has 0 bridgehead atoms. The van der Waals surface area contributed by atoms with Crippen molar-refractivity contribution in [3.63, 3.8) is 0 Å². The molecular weight excluding hydrogens is 270 g/mol. The lowest BCUT2D eigenvalue weighted by Crippen LogP contribution is -2.07. The third kappa shape index (κ3) is 3.39. The summed E-state index contributed by atoms with van der Waals surface area (Å²) in [5.74, 6) is 1.01. The highest BCUT2D eigenvalue weighted by molar-refractivity contribution is 7.98. The molecule has 2 rings (SSSR count). The van der Waals surface area contributed by atoms with E-state index in [1.807, 2.05) is 25.1 Å². The molecule has 2 aromatic rings. The van der Waals surface area contributed by atoms with Crippen LogP contribution in [-0.4, -0.2) is 18.5 Å². The lowest BCUT2D eigenvalue weighted by Gasteiger charge is -2.18. The number of aromatic hydroxyl groups is 1. The smallest absolute Gasteiger partial charge is 0.121 e. The van der Waals surface area contributed by atoms with Gasteiger partial charge >= 0.3 is 0 Å². The molecule has 1 unspecified atom stereocenters. The zero-order valence-electron chi connectivity index (χ0n) is 11.9. The number of benzene rings is 2. The van der Waals surface area contributed by atoms with Crippen LogP contribution in [0.5, 0.6) is 11.5 Å². The van der Waals surface area contributed by atoms with Gasteiger partial charge in [0.25, 0.3) is 0 Å². The molecule has 0 aliphatic rings. The molecule has 0 aliphatic heterocycles. The molecule has 0 fully saturated rings. The first-order valence-corrected chi connectivity index (χ1v) is 7.64. The molecule has 0 saturated heterocycles. The van der Waals surface area contributed by atoms with E-state index in [2.05, 4.69) is 23.7 Å². The summed E-state index contributed by atoms with van der Waals surface area (Å²) in [6.07, 6.45) is 2.05. The Morgan fingerprint density at radius 1 is 1.20 bits per heavy atom. The maximum Gasteiger partial charge on any atom is 0.121 e. The van der Waals surface area contributed by atoms with Gasteiger partial charge in [-0.25, -0.2) is 0 Å². The van der Waals surface area contributed by atoms with E-state index in [9.17, 15) is 5.11 Å². The third-order valence-electron chi connectivity index (χ3n) is 3.15. The van der Waals surface area contributed by atoms with Crippen LogP contribution in [0.2, 0.25) is 0 Å². The molecule has 0 heterocycles. The number of hydrogen-bond acceptors (Lipinski definition) is 4. The van der Waals surface area contributed by atoms with E-state index in [4.69, 9.17) is 4.74 Å². The normalized spacial score (nSPS) is 11.9. The van der Waals surface area contributed by atoms with Crippen molar-refractivity contribution in [1.29, 1.82) is 0 Å². The maximum atomic E-state index is 9.98. The second kappa shape index (κ2) is 6.57. The summed E-state index contributed by atoms with van der Waals surface area (Å²) in [6, 6.07) is 13.5. The molecule has 0 aromatic heterocycles. The largest absolute Gasteiger partial charge is 0.508 e. The number of ether oxygens (including phenoxy) is 1. The van der Waals surface area contributed by atoms with Crippen molar-refractivity contribution in [3.05, 3.63) is 48.0 Å². The Bertz CT molecular complexity index is 586. The van der Waals surface area contributed by atoms with Crippen LogP contribution in [0.1, 0.15) is 18.5 Å². The van der Waals surface area contributed by atoms with E-state index in [1.54, 1.807) is 31.0 Å². The summed E-state index contributed by atoms with van der Waals surface area (Å²) in [6.45, 7) is 2.01. The number of hydrogen-bond donors (Lipinski definition) is 2. The minimum Gasteiger partial charge on any atom is -0.508 e. The maximum absolute atomic E-state index is 9.98. The first-order valence-electron chi connectivity index (χ1n) is 6.41. The SMILES string of the molecule is COc1ccc(O)c(C(C)Nc2cccc(SC)c2)c1. The van der Waals surface area contributed by atoms with E-state index < -0.39 is 0 Å². The number of anilines is 1. The van der Waals surface area contributed by atoms with Crippen LogP contribution in [0.4, 0.5) is 5.69 Å². The van der Waals surface area contributed by atoms with Gasteiger partial charge in [-0.15, -0.1) is 11.8 Å². The highest BCUT2D eigenvalue weighted by Crippen LogP contribution is 2.31.